The van der Waals surface area contributed by atoms with Crippen LogP contribution in [0.15, 0.2) is 18.2 Å². The number of amides is 1. The van der Waals surface area contributed by atoms with Gasteiger partial charge in [-0.3, -0.25) is 4.79 Å². The minimum absolute atomic E-state index is 0.0907. The second kappa shape index (κ2) is 5.34. The Kier molecular flexibility index (Phi) is 3.72. The van der Waals surface area contributed by atoms with Gasteiger partial charge >= 0.3 is 0 Å². The lowest BCUT2D eigenvalue weighted by atomic mass is 9.82. The number of nitrogens with zero attached hydrogens (tertiary/aromatic N) is 1. The number of carbonyl (C=O) groups is 1. The summed E-state index contributed by atoms with van der Waals surface area (Å²) in [5.74, 6) is 1.51. The van der Waals surface area contributed by atoms with Crippen LogP contribution in [0.25, 0.3) is 0 Å². The molecule has 0 aromatic heterocycles. The Bertz CT molecular complexity index is 489. The van der Waals surface area contributed by atoms with Crippen molar-refractivity contribution < 1.29 is 4.79 Å². The van der Waals surface area contributed by atoms with Gasteiger partial charge in [-0.05, 0) is 42.9 Å². The first kappa shape index (κ1) is 13.3. The predicted molar refractivity (Wildman–Crippen MR) is 77.8 cm³/mol. The fourth-order valence-electron chi connectivity index (χ4n) is 3.38. The molecule has 0 N–H and O–H groups in total. The standard InChI is InChI=1S/C15H17Cl2NO/c16-13-6-5-10(7-14(13)17)15(19)18-8-11-3-1-2-4-12(11)9-18/h5-7,11-12H,1-4,8-9H2. The molecule has 1 aromatic rings. The van der Waals surface area contributed by atoms with Crippen LogP contribution < -0.4 is 0 Å². The molecule has 1 saturated carbocycles. The van der Waals surface area contributed by atoms with E-state index in [1.54, 1.807) is 18.2 Å². The van der Waals surface area contributed by atoms with E-state index < -0.39 is 0 Å². The molecule has 1 heterocycles. The summed E-state index contributed by atoms with van der Waals surface area (Å²) < 4.78 is 0. The fourth-order valence-corrected chi connectivity index (χ4v) is 3.68. The molecule has 0 bridgehead atoms. The van der Waals surface area contributed by atoms with Gasteiger partial charge in [-0.25, -0.2) is 0 Å². The third kappa shape index (κ3) is 2.61. The van der Waals surface area contributed by atoms with Crippen molar-refractivity contribution >= 4 is 29.1 Å². The number of hydrogen-bond donors (Lipinski definition) is 0. The van der Waals surface area contributed by atoms with E-state index in [9.17, 15) is 4.79 Å². The molecule has 2 nitrogen and oxygen atoms in total. The average molecular weight is 298 g/mol. The number of fused-ring (bicyclic) bond motifs is 1. The van der Waals surface area contributed by atoms with E-state index >= 15 is 0 Å². The zero-order valence-electron chi connectivity index (χ0n) is 10.7. The van der Waals surface area contributed by atoms with Crippen molar-refractivity contribution in [3.05, 3.63) is 33.8 Å². The number of likely N-dealkylation sites (tertiary alicyclic amines) is 1. The van der Waals surface area contributed by atoms with Crippen LogP contribution in [-0.2, 0) is 0 Å². The first-order valence-corrected chi connectivity index (χ1v) is 7.65. The molecule has 2 atom stereocenters. The Labute approximate surface area is 123 Å². The van der Waals surface area contributed by atoms with Crippen molar-refractivity contribution in [3.63, 3.8) is 0 Å². The van der Waals surface area contributed by atoms with E-state index in [0.717, 1.165) is 13.1 Å². The third-order valence-corrected chi connectivity index (χ3v) is 5.17. The van der Waals surface area contributed by atoms with Gasteiger partial charge in [0.2, 0.25) is 0 Å². The molecule has 1 aromatic carbocycles. The van der Waals surface area contributed by atoms with Gasteiger partial charge in [0.1, 0.15) is 0 Å². The summed E-state index contributed by atoms with van der Waals surface area (Å²) in [7, 11) is 0. The Hall–Kier alpha value is -0.730. The monoisotopic (exact) mass is 297 g/mol. The first-order chi connectivity index (χ1) is 9.15. The zero-order chi connectivity index (χ0) is 13.4. The topological polar surface area (TPSA) is 20.3 Å². The lowest BCUT2D eigenvalue weighted by Crippen LogP contribution is -2.28. The summed E-state index contributed by atoms with van der Waals surface area (Å²) >= 11 is 11.9. The van der Waals surface area contributed by atoms with Crippen molar-refractivity contribution in [1.29, 1.82) is 0 Å². The highest BCUT2D eigenvalue weighted by molar-refractivity contribution is 6.42. The van der Waals surface area contributed by atoms with Crippen LogP contribution in [0.1, 0.15) is 36.0 Å². The first-order valence-electron chi connectivity index (χ1n) is 6.89. The smallest absolute Gasteiger partial charge is 0.253 e. The maximum absolute atomic E-state index is 12.5. The summed E-state index contributed by atoms with van der Waals surface area (Å²) in [5.41, 5.74) is 0.646. The summed E-state index contributed by atoms with van der Waals surface area (Å²) in [6.45, 7) is 1.81. The third-order valence-electron chi connectivity index (χ3n) is 4.43. The Morgan fingerprint density at radius 2 is 1.68 bits per heavy atom. The van der Waals surface area contributed by atoms with E-state index in [-0.39, 0.29) is 5.91 Å². The number of hydrogen-bond acceptors (Lipinski definition) is 1. The van der Waals surface area contributed by atoms with Gasteiger partial charge < -0.3 is 4.90 Å². The molecule has 2 unspecified atom stereocenters. The van der Waals surface area contributed by atoms with Crippen molar-refractivity contribution in [1.82, 2.24) is 4.90 Å². The quantitative estimate of drug-likeness (QED) is 0.758. The number of carbonyl (C=O) groups excluding carboxylic acids is 1. The van der Waals surface area contributed by atoms with Gasteiger partial charge in [0, 0.05) is 18.7 Å². The molecule has 2 fully saturated rings. The van der Waals surface area contributed by atoms with Crippen LogP contribution in [0.3, 0.4) is 0 Å². The Morgan fingerprint density at radius 1 is 1.05 bits per heavy atom. The lowest BCUT2D eigenvalue weighted by molar-refractivity contribution is 0.0784. The van der Waals surface area contributed by atoms with Crippen molar-refractivity contribution in [2.75, 3.05) is 13.1 Å². The highest BCUT2D eigenvalue weighted by atomic mass is 35.5. The van der Waals surface area contributed by atoms with Crippen LogP contribution in [0, 0.1) is 11.8 Å². The molecule has 3 rings (SSSR count). The van der Waals surface area contributed by atoms with Gasteiger partial charge in [-0.2, -0.15) is 0 Å². The van der Waals surface area contributed by atoms with Gasteiger partial charge in [0.25, 0.3) is 5.91 Å². The van der Waals surface area contributed by atoms with E-state index in [2.05, 4.69) is 0 Å². The van der Waals surface area contributed by atoms with Crippen molar-refractivity contribution in [2.24, 2.45) is 11.8 Å². The molecule has 1 amide bonds. The molecule has 4 heteroatoms. The normalized spacial score (nSPS) is 26.3. The molecular weight excluding hydrogens is 281 g/mol. The van der Waals surface area contributed by atoms with Crippen molar-refractivity contribution in [3.8, 4) is 0 Å². The summed E-state index contributed by atoms with van der Waals surface area (Å²) in [6, 6.07) is 5.13. The highest BCUT2D eigenvalue weighted by Crippen LogP contribution is 2.36. The van der Waals surface area contributed by atoms with Crippen LogP contribution in [0.2, 0.25) is 10.0 Å². The lowest BCUT2D eigenvalue weighted by Gasteiger charge is -2.22. The van der Waals surface area contributed by atoms with Crippen molar-refractivity contribution in [2.45, 2.75) is 25.7 Å². The fraction of sp³-hybridized carbons (Fsp3) is 0.533. The minimum Gasteiger partial charge on any atom is -0.338 e. The van der Waals surface area contributed by atoms with Gasteiger partial charge in [-0.15, -0.1) is 0 Å². The SMILES string of the molecule is O=C(c1ccc(Cl)c(Cl)c1)N1CC2CCCCC2C1. The van der Waals surface area contributed by atoms with E-state index in [1.165, 1.54) is 25.7 Å². The van der Waals surface area contributed by atoms with E-state index in [4.69, 9.17) is 23.2 Å². The number of rotatable bonds is 1. The molecule has 102 valence electrons. The summed E-state index contributed by atoms with van der Waals surface area (Å²) in [6.07, 6.45) is 5.18. The number of halogens is 2. The number of benzene rings is 1. The van der Waals surface area contributed by atoms with Crippen LogP contribution in [0.4, 0.5) is 0 Å². The maximum atomic E-state index is 12.5. The molecule has 2 aliphatic rings. The maximum Gasteiger partial charge on any atom is 0.253 e. The van der Waals surface area contributed by atoms with Gasteiger partial charge in [-0.1, -0.05) is 36.0 Å². The van der Waals surface area contributed by atoms with Crippen LogP contribution in [0.5, 0.6) is 0 Å². The van der Waals surface area contributed by atoms with E-state index in [1.807, 2.05) is 4.90 Å². The Morgan fingerprint density at radius 3 is 2.26 bits per heavy atom. The molecule has 1 saturated heterocycles. The second-order valence-corrected chi connectivity index (χ2v) is 6.46. The van der Waals surface area contributed by atoms with E-state index in [0.29, 0.717) is 27.4 Å². The molecule has 0 spiro atoms. The summed E-state index contributed by atoms with van der Waals surface area (Å²) in [5, 5.41) is 0.942. The average Bonchev–Trinajstić information content (AvgIpc) is 2.85. The van der Waals surface area contributed by atoms with Gasteiger partial charge in [0.05, 0.1) is 10.0 Å². The molecular formula is C15H17Cl2NO. The van der Waals surface area contributed by atoms with Crippen LogP contribution >= 0.6 is 23.2 Å². The summed E-state index contributed by atoms with van der Waals surface area (Å²) in [4.78, 5) is 14.5. The van der Waals surface area contributed by atoms with Gasteiger partial charge in [0.15, 0.2) is 0 Å². The molecule has 19 heavy (non-hydrogen) atoms. The minimum atomic E-state index is 0.0907. The molecule has 1 aliphatic carbocycles. The molecule has 0 radical (unpaired) electrons. The highest BCUT2D eigenvalue weighted by Gasteiger charge is 2.36. The largest absolute Gasteiger partial charge is 0.338 e. The second-order valence-electron chi connectivity index (χ2n) is 5.64. The molecule has 1 aliphatic heterocycles. The zero-order valence-corrected chi connectivity index (χ0v) is 12.3. The predicted octanol–water partition coefficient (Wildman–Crippen LogP) is 4.26. The van der Waals surface area contributed by atoms with Crippen LogP contribution in [-0.4, -0.2) is 23.9 Å². The Balaban J connectivity index is 1.75.